The van der Waals surface area contributed by atoms with E-state index in [4.69, 9.17) is 9.84 Å². The second-order valence-electron chi connectivity index (χ2n) is 8.11. The molecule has 1 atom stereocenters. The Morgan fingerprint density at radius 3 is 1.97 bits per heavy atom. The second-order valence-corrected chi connectivity index (χ2v) is 8.11. The molecular weight excluding hydrogens is 400 g/mol. The fraction of sp³-hybridized carbons (Fsp3) is 0.720. The van der Waals surface area contributed by atoms with Gasteiger partial charge in [0.1, 0.15) is 5.75 Å². The Hall–Kier alpha value is -1.69. The molecule has 1 aromatic rings. The molecule has 0 aliphatic heterocycles. The molecule has 0 fully saturated rings. The minimum absolute atomic E-state index is 0.227. The van der Waals surface area contributed by atoms with E-state index in [9.17, 15) is 13.6 Å². The Labute approximate surface area is 188 Å². The predicted octanol–water partition coefficient (Wildman–Crippen LogP) is 7.52. The van der Waals surface area contributed by atoms with Crippen LogP contribution < -0.4 is 10.1 Å². The molecule has 0 aliphatic rings. The summed E-state index contributed by atoms with van der Waals surface area (Å²) in [6.45, 7) is 12.2. The van der Waals surface area contributed by atoms with Crippen LogP contribution in [0.2, 0.25) is 0 Å². The van der Waals surface area contributed by atoms with Gasteiger partial charge in [0.2, 0.25) is 5.92 Å². The van der Waals surface area contributed by atoms with Crippen molar-refractivity contribution >= 4 is 6.09 Å². The number of aliphatic hydroxyl groups excluding tert-OH is 1. The number of rotatable bonds is 10. The maximum Gasteiger partial charge on any atom is 0.412 e. The third-order valence-corrected chi connectivity index (χ3v) is 4.61. The van der Waals surface area contributed by atoms with Crippen LogP contribution in [0.15, 0.2) is 24.3 Å². The molecule has 0 radical (unpaired) electrons. The van der Waals surface area contributed by atoms with Gasteiger partial charge in [-0.15, -0.1) is 0 Å². The van der Waals surface area contributed by atoms with Gasteiger partial charge in [-0.05, 0) is 45.7 Å². The van der Waals surface area contributed by atoms with Crippen LogP contribution in [0.4, 0.5) is 13.6 Å². The van der Waals surface area contributed by atoms with Gasteiger partial charge in [0.25, 0.3) is 0 Å². The van der Waals surface area contributed by atoms with Crippen molar-refractivity contribution in [2.45, 2.75) is 105 Å². The highest BCUT2D eigenvalue weighted by Gasteiger charge is 2.25. The summed E-state index contributed by atoms with van der Waals surface area (Å²) in [7, 11) is 0. The van der Waals surface area contributed by atoms with Gasteiger partial charge in [0, 0.05) is 18.6 Å². The van der Waals surface area contributed by atoms with E-state index < -0.39 is 11.8 Å². The number of carbonyl (C=O) groups excluding carboxylic acids is 1. The van der Waals surface area contributed by atoms with Crippen LogP contribution in [0.5, 0.6) is 5.75 Å². The molecule has 1 aromatic carbocycles. The molecule has 1 rings (SSSR count). The van der Waals surface area contributed by atoms with Crippen LogP contribution in [0.1, 0.15) is 92.1 Å². The maximum absolute atomic E-state index is 11.9. The molecule has 0 spiro atoms. The van der Waals surface area contributed by atoms with E-state index in [1.807, 2.05) is 31.2 Å². The highest BCUT2D eigenvalue weighted by molar-refractivity contribution is 5.70. The molecule has 1 unspecified atom stereocenters. The van der Waals surface area contributed by atoms with Crippen molar-refractivity contribution in [3.63, 3.8) is 0 Å². The predicted molar refractivity (Wildman–Crippen MR) is 126 cm³/mol. The van der Waals surface area contributed by atoms with Crippen molar-refractivity contribution in [2.24, 2.45) is 5.92 Å². The Morgan fingerprint density at radius 2 is 1.55 bits per heavy atom. The number of aryl methyl sites for hydroxylation is 1. The summed E-state index contributed by atoms with van der Waals surface area (Å²) in [4.78, 5) is 11.9. The first-order chi connectivity index (χ1) is 14.5. The molecule has 6 heteroatoms. The van der Waals surface area contributed by atoms with Crippen molar-refractivity contribution < 1.29 is 23.4 Å². The average Bonchev–Trinajstić information content (AvgIpc) is 2.67. The molecule has 4 nitrogen and oxygen atoms in total. The largest absolute Gasteiger partial charge is 0.412 e. The minimum Gasteiger partial charge on any atom is -0.410 e. The van der Waals surface area contributed by atoms with Crippen molar-refractivity contribution in [3.8, 4) is 5.75 Å². The fourth-order valence-electron chi connectivity index (χ4n) is 2.36. The number of halogens is 2. The van der Waals surface area contributed by atoms with Crippen molar-refractivity contribution in [1.29, 1.82) is 0 Å². The molecule has 1 amide bonds. The molecule has 2 N–H and O–H groups in total. The van der Waals surface area contributed by atoms with Crippen LogP contribution in [-0.2, 0) is 0 Å². The zero-order valence-electron chi connectivity index (χ0n) is 20.6. The van der Waals surface area contributed by atoms with Gasteiger partial charge in [0.05, 0.1) is 0 Å². The van der Waals surface area contributed by atoms with Crippen molar-refractivity contribution in [1.82, 2.24) is 5.32 Å². The monoisotopic (exact) mass is 445 g/mol. The van der Waals surface area contributed by atoms with Crippen LogP contribution in [0, 0.1) is 12.8 Å². The number of alkyl halides is 2. The summed E-state index contributed by atoms with van der Waals surface area (Å²) in [6.07, 6.45) is 7.70. The van der Waals surface area contributed by atoms with E-state index >= 15 is 0 Å². The lowest BCUT2D eigenvalue weighted by atomic mass is 10.0. The smallest absolute Gasteiger partial charge is 0.410 e. The third-order valence-electron chi connectivity index (χ3n) is 4.61. The van der Waals surface area contributed by atoms with E-state index in [2.05, 4.69) is 19.2 Å². The van der Waals surface area contributed by atoms with Crippen LogP contribution >= 0.6 is 0 Å². The lowest BCUT2D eigenvalue weighted by Gasteiger charge is -2.17. The van der Waals surface area contributed by atoms with E-state index in [0.29, 0.717) is 5.75 Å². The first kappa shape index (κ1) is 31.5. The molecule has 0 aromatic heterocycles. The summed E-state index contributed by atoms with van der Waals surface area (Å²) in [5.41, 5.74) is 1.16. The third kappa shape index (κ3) is 20.0. The van der Waals surface area contributed by atoms with E-state index in [-0.39, 0.29) is 18.7 Å². The van der Waals surface area contributed by atoms with Crippen LogP contribution in [0.3, 0.4) is 0 Å². The van der Waals surface area contributed by atoms with Gasteiger partial charge in [-0.3, -0.25) is 0 Å². The number of hydrogen-bond donors (Lipinski definition) is 2. The fourth-order valence-corrected chi connectivity index (χ4v) is 2.36. The van der Waals surface area contributed by atoms with Gasteiger partial charge >= 0.3 is 6.09 Å². The number of benzene rings is 1. The zero-order chi connectivity index (χ0) is 24.3. The molecule has 31 heavy (non-hydrogen) atoms. The summed E-state index contributed by atoms with van der Waals surface area (Å²) in [6, 6.07) is 7.76. The number of unbranched alkanes of at least 4 members (excludes halogenated alkanes) is 3. The number of aliphatic hydroxyl groups is 1. The highest BCUT2D eigenvalue weighted by atomic mass is 19.3. The van der Waals surface area contributed by atoms with Gasteiger partial charge in [-0.2, -0.15) is 0 Å². The average molecular weight is 446 g/mol. The van der Waals surface area contributed by atoms with Gasteiger partial charge in [0.15, 0.2) is 0 Å². The zero-order valence-corrected chi connectivity index (χ0v) is 20.6. The summed E-state index contributed by atoms with van der Waals surface area (Å²) < 4.78 is 29.0. The number of nitrogens with one attached hydrogen (secondary N) is 1. The first-order valence-corrected chi connectivity index (χ1v) is 11.5. The maximum atomic E-state index is 11.9. The van der Waals surface area contributed by atoms with Gasteiger partial charge in [-0.25, -0.2) is 13.6 Å². The molecule has 0 saturated carbocycles. The standard InChI is InChI=1S/C18H29NO2.C5H10F2.C2H6O/c1-4-6-7-8-10-16(9-5-2)19-18(20)21-17-13-11-15(3)12-14-17;1-4(2)5(3,6)7;1-2-3/h11-14,16H,4-10H2,1-3H3,(H,19,20);4H,1-3H3;3H,2H2,1H3. The Kier molecular flexibility index (Phi) is 19.3. The summed E-state index contributed by atoms with van der Waals surface area (Å²) in [5, 5.41) is 10.6. The number of hydrogen-bond acceptors (Lipinski definition) is 3. The van der Waals surface area contributed by atoms with Crippen molar-refractivity contribution in [3.05, 3.63) is 29.8 Å². The molecular formula is C25H45F2NO3. The molecule has 0 bridgehead atoms. The van der Waals surface area contributed by atoms with E-state index in [0.717, 1.165) is 31.7 Å². The Morgan fingerprint density at radius 1 is 1.03 bits per heavy atom. The van der Waals surface area contributed by atoms with E-state index in [1.54, 1.807) is 6.92 Å². The molecule has 0 saturated heterocycles. The minimum atomic E-state index is -2.50. The molecule has 182 valence electrons. The highest BCUT2D eigenvalue weighted by Crippen LogP contribution is 2.21. The van der Waals surface area contributed by atoms with Crippen molar-refractivity contribution in [2.75, 3.05) is 6.61 Å². The van der Waals surface area contributed by atoms with Crippen LogP contribution in [0.25, 0.3) is 0 Å². The van der Waals surface area contributed by atoms with Gasteiger partial charge < -0.3 is 15.2 Å². The summed E-state index contributed by atoms with van der Waals surface area (Å²) >= 11 is 0. The number of amides is 1. The number of carbonyl (C=O) groups is 1. The number of ether oxygens (including phenoxy) is 1. The molecule has 0 aliphatic carbocycles. The van der Waals surface area contributed by atoms with Gasteiger partial charge in [-0.1, -0.05) is 77.5 Å². The Bertz CT molecular complexity index is 543. The Balaban J connectivity index is 0. The topological polar surface area (TPSA) is 58.6 Å². The SMILES string of the molecule is CC(C)C(C)(F)F.CCCCCCC(CCC)NC(=O)Oc1ccc(C)cc1.CCO. The lowest BCUT2D eigenvalue weighted by Crippen LogP contribution is -2.36. The van der Waals surface area contributed by atoms with Crippen LogP contribution in [-0.4, -0.2) is 29.8 Å². The normalized spacial score (nSPS) is 11.6. The molecule has 0 heterocycles. The lowest BCUT2D eigenvalue weighted by molar-refractivity contribution is -0.0251. The summed E-state index contributed by atoms with van der Waals surface area (Å²) in [5.74, 6) is -2.44. The van der Waals surface area contributed by atoms with E-state index in [1.165, 1.54) is 39.5 Å². The first-order valence-electron chi connectivity index (χ1n) is 11.5. The second kappa shape index (κ2) is 19.0. The quantitative estimate of drug-likeness (QED) is 0.366.